The fourth-order valence-corrected chi connectivity index (χ4v) is 3.25. The third-order valence-electron chi connectivity index (χ3n) is 3.10. The van der Waals surface area contributed by atoms with E-state index in [-0.39, 0.29) is 11.9 Å². The van der Waals surface area contributed by atoms with Crippen LogP contribution in [0, 0.1) is 0 Å². The zero-order valence-electron chi connectivity index (χ0n) is 10.6. The number of rotatable bonds is 3. The minimum Gasteiger partial charge on any atom is -0.306 e. The van der Waals surface area contributed by atoms with Crippen molar-refractivity contribution < 1.29 is 4.79 Å². The lowest BCUT2D eigenvalue weighted by molar-refractivity contribution is -0.117. The van der Waals surface area contributed by atoms with Gasteiger partial charge in [0, 0.05) is 10.0 Å². The van der Waals surface area contributed by atoms with Gasteiger partial charge >= 0.3 is 0 Å². The SMILES string of the molecule is O=C(Nc1nnc(-c2cccc(Br)c2)s1)[C@H]1CCCN1. The van der Waals surface area contributed by atoms with E-state index in [1.807, 2.05) is 24.3 Å². The number of nitrogens with zero attached hydrogens (tertiary/aromatic N) is 2. The first-order valence-corrected chi connectivity index (χ1v) is 7.97. The van der Waals surface area contributed by atoms with Gasteiger partial charge < -0.3 is 5.32 Å². The fraction of sp³-hybridized carbons (Fsp3) is 0.308. The molecule has 5 nitrogen and oxygen atoms in total. The molecule has 2 heterocycles. The largest absolute Gasteiger partial charge is 0.306 e. The van der Waals surface area contributed by atoms with Crippen LogP contribution in [0.1, 0.15) is 12.8 Å². The van der Waals surface area contributed by atoms with E-state index in [2.05, 4.69) is 36.8 Å². The van der Waals surface area contributed by atoms with E-state index in [1.54, 1.807) is 0 Å². The highest BCUT2D eigenvalue weighted by Crippen LogP contribution is 2.28. The van der Waals surface area contributed by atoms with Crippen LogP contribution in [0.3, 0.4) is 0 Å². The number of carbonyl (C=O) groups is 1. The van der Waals surface area contributed by atoms with E-state index in [0.29, 0.717) is 5.13 Å². The van der Waals surface area contributed by atoms with Gasteiger partial charge in [0.2, 0.25) is 11.0 Å². The molecule has 0 spiro atoms. The van der Waals surface area contributed by atoms with Gasteiger partial charge in [0.15, 0.2) is 0 Å². The molecule has 104 valence electrons. The van der Waals surface area contributed by atoms with Gasteiger partial charge in [-0.15, -0.1) is 10.2 Å². The Bertz CT molecular complexity index is 624. The second-order valence-corrected chi connectivity index (χ2v) is 6.45. The van der Waals surface area contributed by atoms with Gasteiger partial charge in [-0.2, -0.15) is 0 Å². The number of carbonyl (C=O) groups excluding carboxylic acids is 1. The summed E-state index contributed by atoms with van der Waals surface area (Å²) in [5.41, 5.74) is 0.983. The summed E-state index contributed by atoms with van der Waals surface area (Å²) in [4.78, 5) is 12.0. The first kappa shape index (κ1) is 13.7. The van der Waals surface area contributed by atoms with E-state index in [4.69, 9.17) is 0 Å². The quantitative estimate of drug-likeness (QED) is 0.890. The summed E-state index contributed by atoms with van der Waals surface area (Å²) in [7, 11) is 0. The number of benzene rings is 1. The first-order valence-electron chi connectivity index (χ1n) is 6.36. The van der Waals surface area contributed by atoms with Crippen LogP contribution < -0.4 is 10.6 Å². The molecule has 0 bridgehead atoms. The van der Waals surface area contributed by atoms with E-state index in [1.165, 1.54) is 11.3 Å². The van der Waals surface area contributed by atoms with Gasteiger partial charge in [0.1, 0.15) is 5.01 Å². The van der Waals surface area contributed by atoms with Crippen molar-refractivity contribution in [3.05, 3.63) is 28.7 Å². The highest BCUT2D eigenvalue weighted by Gasteiger charge is 2.23. The van der Waals surface area contributed by atoms with Gasteiger partial charge in [-0.1, -0.05) is 39.4 Å². The number of aromatic nitrogens is 2. The van der Waals surface area contributed by atoms with Crippen molar-refractivity contribution in [3.8, 4) is 10.6 Å². The van der Waals surface area contributed by atoms with Crippen LogP contribution in [0.15, 0.2) is 28.7 Å². The lowest BCUT2D eigenvalue weighted by atomic mass is 10.2. The maximum absolute atomic E-state index is 12.0. The number of hydrogen-bond donors (Lipinski definition) is 2. The highest BCUT2D eigenvalue weighted by atomic mass is 79.9. The number of halogens is 1. The molecule has 1 saturated heterocycles. The van der Waals surface area contributed by atoms with Gasteiger partial charge in [-0.25, -0.2) is 0 Å². The minimum absolute atomic E-state index is 0.0283. The van der Waals surface area contributed by atoms with Crippen LogP contribution in [0.25, 0.3) is 10.6 Å². The molecule has 0 unspecified atom stereocenters. The molecule has 2 N–H and O–H groups in total. The standard InChI is InChI=1S/C13H13BrN4OS/c14-9-4-1-3-8(7-9)12-17-18-13(20-12)16-11(19)10-5-2-6-15-10/h1,3-4,7,10,15H,2,5-6H2,(H,16,18,19)/t10-/m1/s1. The van der Waals surface area contributed by atoms with Crippen LogP contribution in [-0.4, -0.2) is 28.7 Å². The average molecular weight is 353 g/mol. The van der Waals surface area contributed by atoms with Gasteiger partial charge in [-0.05, 0) is 31.5 Å². The number of anilines is 1. The minimum atomic E-state index is -0.104. The Kier molecular flexibility index (Phi) is 4.09. The van der Waals surface area contributed by atoms with E-state index >= 15 is 0 Å². The first-order chi connectivity index (χ1) is 9.72. The third-order valence-corrected chi connectivity index (χ3v) is 4.48. The molecule has 0 aliphatic carbocycles. The Morgan fingerprint density at radius 3 is 3.10 bits per heavy atom. The monoisotopic (exact) mass is 352 g/mol. The lowest BCUT2D eigenvalue weighted by Gasteiger charge is -2.07. The average Bonchev–Trinajstić information content (AvgIpc) is 3.10. The molecule has 1 aliphatic rings. The maximum atomic E-state index is 12.0. The molecule has 3 rings (SSSR count). The van der Waals surface area contributed by atoms with Gasteiger partial charge in [0.25, 0.3) is 0 Å². The maximum Gasteiger partial charge on any atom is 0.243 e. The molecule has 0 saturated carbocycles. The lowest BCUT2D eigenvalue weighted by Crippen LogP contribution is -2.35. The fourth-order valence-electron chi connectivity index (χ4n) is 2.11. The van der Waals surface area contributed by atoms with Crippen molar-refractivity contribution in [1.29, 1.82) is 0 Å². The van der Waals surface area contributed by atoms with Crippen molar-refractivity contribution in [2.75, 3.05) is 11.9 Å². The van der Waals surface area contributed by atoms with Crippen LogP contribution in [0.4, 0.5) is 5.13 Å². The Morgan fingerprint density at radius 2 is 2.35 bits per heavy atom. The second kappa shape index (κ2) is 5.99. The van der Waals surface area contributed by atoms with Crippen molar-refractivity contribution in [3.63, 3.8) is 0 Å². The van der Waals surface area contributed by atoms with Crippen LogP contribution in [-0.2, 0) is 4.79 Å². The van der Waals surface area contributed by atoms with Crippen molar-refractivity contribution in [2.45, 2.75) is 18.9 Å². The zero-order chi connectivity index (χ0) is 13.9. The van der Waals surface area contributed by atoms with Crippen LogP contribution in [0.2, 0.25) is 0 Å². The molecule has 1 amide bonds. The topological polar surface area (TPSA) is 66.9 Å². The van der Waals surface area contributed by atoms with Crippen LogP contribution >= 0.6 is 27.3 Å². The summed E-state index contributed by atoms with van der Waals surface area (Å²) in [5.74, 6) is -0.0283. The zero-order valence-corrected chi connectivity index (χ0v) is 13.0. The van der Waals surface area contributed by atoms with Crippen molar-refractivity contribution in [1.82, 2.24) is 15.5 Å². The molecule has 1 aliphatic heterocycles. The molecular weight excluding hydrogens is 340 g/mol. The van der Waals surface area contributed by atoms with Crippen molar-refractivity contribution >= 4 is 38.3 Å². The summed E-state index contributed by atoms with van der Waals surface area (Å²) in [5, 5.41) is 15.5. The Hall–Kier alpha value is -1.31. The van der Waals surface area contributed by atoms with E-state index in [9.17, 15) is 4.79 Å². The molecule has 1 aromatic heterocycles. The summed E-state index contributed by atoms with van der Waals surface area (Å²) in [6.45, 7) is 0.900. The normalized spacial score (nSPS) is 18.1. The Labute approximate surface area is 128 Å². The molecule has 7 heteroatoms. The summed E-state index contributed by atoms with van der Waals surface area (Å²) in [6, 6.07) is 7.74. The smallest absolute Gasteiger partial charge is 0.243 e. The second-order valence-electron chi connectivity index (χ2n) is 4.56. The van der Waals surface area contributed by atoms with Crippen molar-refractivity contribution in [2.24, 2.45) is 0 Å². The Morgan fingerprint density at radius 1 is 1.45 bits per heavy atom. The molecule has 1 atom stereocenters. The predicted octanol–water partition coefficient (Wildman–Crippen LogP) is 2.66. The van der Waals surface area contributed by atoms with Gasteiger partial charge in [-0.3, -0.25) is 10.1 Å². The third kappa shape index (κ3) is 3.05. The molecule has 0 radical (unpaired) electrons. The molecule has 1 aromatic carbocycles. The number of amides is 1. The summed E-state index contributed by atoms with van der Waals surface area (Å²) in [6.07, 6.45) is 1.92. The van der Waals surface area contributed by atoms with Crippen LogP contribution in [0.5, 0.6) is 0 Å². The van der Waals surface area contributed by atoms with Gasteiger partial charge in [0.05, 0.1) is 6.04 Å². The molecule has 20 heavy (non-hydrogen) atoms. The highest BCUT2D eigenvalue weighted by molar-refractivity contribution is 9.10. The molecule has 2 aromatic rings. The summed E-state index contributed by atoms with van der Waals surface area (Å²) < 4.78 is 0.992. The molecule has 1 fully saturated rings. The van der Waals surface area contributed by atoms with E-state index in [0.717, 1.165) is 34.4 Å². The number of hydrogen-bond acceptors (Lipinski definition) is 5. The van der Waals surface area contributed by atoms with E-state index < -0.39 is 0 Å². The number of nitrogens with one attached hydrogen (secondary N) is 2. The Balaban J connectivity index is 1.72. The molecular formula is C13H13BrN4OS. The predicted molar refractivity (Wildman–Crippen MR) is 82.7 cm³/mol. The summed E-state index contributed by atoms with van der Waals surface area (Å²) >= 11 is 4.81.